The van der Waals surface area contributed by atoms with E-state index < -0.39 is 35.6 Å². The quantitative estimate of drug-likeness (QED) is 0.777. The fourth-order valence-corrected chi connectivity index (χ4v) is 2.33. The molecule has 1 aromatic rings. The lowest BCUT2D eigenvalue weighted by atomic mass is 10.2. The number of hydrogen-bond donors (Lipinski definition) is 2. The lowest BCUT2D eigenvalue weighted by molar-refractivity contribution is -0.137. The molecule has 0 saturated carbocycles. The molecule has 0 aromatic heterocycles. The fourth-order valence-electron chi connectivity index (χ4n) is 1.85. The minimum absolute atomic E-state index is 0.0525. The van der Waals surface area contributed by atoms with E-state index in [0.717, 1.165) is 17.0 Å². The third-order valence-corrected chi connectivity index (χ3v) is 3.50. The summed E-state index contributed by atoms with van der Waals surface area (Å²) in [6, 6.07) is 2.25. The molecule has 0 bridgehead atoms. The summed E-state index contributed by atoms with van der Waals surface area (Å²) in [5.74, 6) is -3.66. The molecule has 0 fully saturated rings. The zero-order valence-corrected chi connectivity index (χ0v) is 12.4. The number of β-amino-alcohol motifs (C(OH)–C–C–N with tert-alkyl or cyclic N) is 1. The number of nitrogens with zero attached hydrogens (tertiary/aromatic N) is 2. The molecule has 2 rings (SSSR count). The van der Waals surface area contributed by atoms with Crippen LogP contribution in [0.4, 0.5) is 14.5 Å². The molecule has 1 heterocycles. The normalized spacial score (nSPS) is 14.1. The van der Waals surface area contributed by atoms with Gasteiger partial charge in [0.2, 0.25) is 0 Å². The molecule has 0 radical (unpaired) electrons. The second kappa shape index (κ2) is 6.21. The number of amides is 2. The van der Waals surface area contributed by atoms with Gasteiger partial charge >= 0.3 is 0 Å². The molecule has 2 amide bonds. The number of hydrogen-bond acceptors (Lipinski definition) is 5. The molecule has 9 heteroatoms. The summed E-state index contributed by atoms with van der Waals surface area (Å²) in [4.78, 5) is 24.3. The van der Waals surface area contributed by atoms with E-state index in [2.05, 4.69) is 21.2 Å². The summed E-state index contributed by atoms with van der Waals surface area (Å²) in [5, 5.41) is 19.9. The summed E-state index contributed by atoms with van der Waals surface area (Å²) in [6.07, 6.45) is 0.930. The third kappa shape index (κ3) is 2.70. The first-order valence-corrected chi connectivity index (χ1v) is 6.73. The Morgan fingerprint density at radius 1 is 1.41 bits per heavy atom. The third-order valence-electron chi connectivity index (χ3n) is 2.87. The Morgan fingerprint density at radius 2 is 2.09 bits per heavy atom. The zero-order valence-electron chi connectivity index (χ0n) is 10.9. The van der Waals surface area contributed by atoms with E-state index in [1.165, 1.54) is 6.07 Å². The topological polar surface area (TPSA) is 93.4 Å². The molecule has 0 unspecified atom stereocenters. The van der Waals surface area contributed by atoms with Crippen LogP contribution in [0, 0.1) is 23.0 Å². The van der Waals surface area contributed by atoms with Crippen LogP contribution < -0.4 is 5.32 Å². The van der Waals surface area contributed by atoms with Gasteiger partial charge in [0.25, 0.3) is 11.8 Å². The smallest absolute Gasteiger partial charge is 0.277 e. The van der Waals surface area contributed by atoms with E-state index in [9.17, 15) is 18.4 Å². The molecule has 22 heavy (non-hydrogen) atoms. The highest BCUT2D eigenvalue weighted by molar-refractivity contribution is 9.10. The van der Waals surface area contributed by atoms with E-state index in [-0.39, 0.29) is 22.4 Å². The van der Waals surface area contributed by atoms with Crippen molar-refractivity contribution in [2.24, 2.45) is 0 Å². The second-order valence-electron chi connectivity index (χ2n) is 4.22. The number of rotatable bonds is 4. The van der Waals surface area contributed by atoms with Gasteiger partial charge in [-0.15, -0.1) is 0 Å². The number of halogens is 3. The van der Waals surface area contributed by atoms with Crippen molar-refractivity contribution in [2.45, 2.75) is 0 Å². The molecule has 0 spiro atoms. The molecule has 0 atom stereocenters. The van der Waals surface area contributed by atoms with Crippen LogP contribution in [-0.4, -0.2) is 35.0 Å². The number of carbonyl (C=O) groups excluding carboxylic acids is 2. The van der Waals surface area contributed by atoms with Gasteiger partial charge < -0.3 is 10.4 Å². The minimum Gasteiger partial charge on any atom is -0.395 e. The zero-order chi connectivity index (χ0) is 16.4. The van der Waals surface area contributed by atoms with Gasteiger partial charge in [-0.3, -0.25) is 14.5 Å². The first-order valence-electron chi connectivity index (χ1n) is 5.93. The maximum absolute atomic E-state index is 14.1. The van der Waals surface area contributed by atoms with Crippen LogP contribution in [0.25, 0.3) is 0 Å². The maximum atomic E-state index is 14.1. The van der Waals surface area contributed by atoms with Crippen LogP contribution >= 0.6 is 15.9 Å². The number of benzene rings is 1. The molecular weight excluding hydrogens is 364 g/mol. The van der Waals surface area contributed by atoms with Crippen molar-refractivity contribution in [3.05, 3.63) is 39.5 Å². The van der Waals surface area contributed by atoms with Crippen LogP contribution in [0.1, 0.15) is 5.56 Å². The minimum atomic E-state index is -1.18. The Kier molecular flexibility index (Phi) is 4.54. The van der Waals surface area contributed by atoms with E-state index in [0.29, 0.717) is 0 Å². The van der Waals surface area contributed by atoms with Crippen LogP contribution in [-0.2, 0) is 9.59 Å². The first kappa shape index (κ1) is 16.1. The molecule has 1 aromatic carbocycles. The highest BCUT2D eigenvalue weighted by atomic mass is 79.9. The average molecular weight is 372 g/mol. The van der Waals surface area contributed by atoms with Crippen molar-refractivity contribution < 1.29 is 23.5 Å². The molecule has 1 aliphatic heterocycles. The van der Waals surface area contributed by atoms with Crippen molar-refractivity contribution >= 4 is 33.4 Å². The second-order valence-corrected chi connectivity index (χ2v) is 5.07. The Bertz CT molecular complexity index is 743. The van der Waals surface area contributed by atoms with Crippen molar-refractivity contribution in [1.29, 1.82) is 5.26 Å². The molecule has 1 aliphatic rings. The number of nitrogens with one attached hydrogen (secondary N) is 1. The van der Waals surface area contributed by atoms with Gasteiger partial charge in [-0.1, -0.05) is 0 Å². The largest absolute Gasteiger partial charge is 0.395 e. The van der Waals surface area contributed by atoms with Gasteiger partial charge in [-0.05, 0) is 22.0 Å². The highest BCUT2D eigenvalue weighted by Crippen LogP contribution is 2.31. The SMILES string of the molecule is N#Cc1c(F)cc(Br)c(NC2=CC(=O)N(CCO)C2=O)c1F. The summed E-state index contributed by atoms with van der Waals surface area (Å²) < 4.78 is 27.4. The number of imide groups is 1. The van der Waals surface area contributed by atoms with Crippen molar-refractivity contribution in [2.75, 3.05) is 18.5 Å². The number of aliphatic hydroxyl groups is 1. The number of carbonyl (C=O) groups is 2. The number of aliphatic hydroxyl groups excluding tert-OH is 1. The highest BCUT2D eigenvalue weighted by Gasteiger charge is 2.32. The Hall–Kier alpha value is -2.31. The van der Waals surface area contributed by atoms with Gasteiger partial charge in [-0.25, -0.2) is 8.78 Å². The van der Waals surface area contributed by atoms with Gasteiger partial charge in [0.05, 0.1) is 18.8 Å². The van der Waals surface area contributed by atoms with Gasteiger partial charge in [0, 0.05) is 10.5 Å². The monoisotopic (exact) mass is 371 g/mol. The number of anilines is 1. The number of nitriles is 1. The van der Waals surface area contributed by atoms with E-state index in [1.807, 2.05) is 0 Å². The predicted octanol–water partition coefficient (Wildman–Crippen LogP) is 1.26. The van der Waals surface area contributed by atoms with Gasteiger partial charge in [0.15, 0.2) is 5.82 Å². The molecule has 2 N–H and O–H groups in total. The lowest BCUT2D eigenvalue weighted by Gasteiger charge is -2.14. The van der Waals surface area contributed by atoms with E-state index in [1.54, 1.807) is 0 Å². The average Bonchev–Trinajstić information content (AvgIpc) is 2.71. The van der Waals surface area contributed by atoms with Gasteiger partial charge in [0.1, 0.15) is 23.1 Å². The van der Waals surface area contributed by atoms with E-state index in [4.69, 9.17) is 10.4 Å². The standard InChI is InChI=1S/C13H8BrF2N3O3/c14-7-3-8(15)6(5-17)11(16)12(7)18-9-4-10(21)19(1-2-20)13(9)22/h3-4,18,20H,1-2H2. The maximum Gasteiger partial charge on any atom is 0.277 e. The fraction of sp³-hybridized carbons (Fsp3) is 0.154. The summed E-state index contributed by atoms with van der Waals surface area (Å²) in [7, 11) is 0. The van der Waals surface area contributed by atoms with E-state index >= 15 is 0 Å². The molecule has 114 valence electrons. The van der Waals surface area contributed by atoms with Crippen molar-refractivity contribution in [3.8, 4) is 6.07 Å². The summed E-state index contributed by atoms with van der Waals surface area (Å²) in [6.45, 7) is -0.609. The predicted molar refractivity (Wildman–Crippen MR) is 74.3 cm³/mol. The Balaban J connectivity index is 2.37. The molecule has 0 aliphatic carbocycles. The first-order chi connectivity index (χ1) is 10.4. The van der Waals surface area contributed by atoms with Gasteiger partial charge in [-0.2, -0.15) is 5.26 Å². The van der Waals surface area contributed by atoms with Crippen LogP contribution in [0.5, 0.6) is 0 Å². The Morgan fingerprint density at radius 3 is 2.68 bits per heavy atom. The van der Waals surface area contributed by atoms with Crippen molar-refractivity contribution in [1.82, 2.24) is 4.90 Å². The van der Waals surface area contributed by atoms with Crippen LogP contribution in [0.15, 0.2) is 22.3 Å². The van der Waals surface area contributed by atoms with Crippen LogP contribution in [0.3, 0.4) is 0 Å². The Labute approximate surface area is 131 Å². The van der Waals surface area contributed by atoms with Crippen molar-refractivity contribution in [3.63, 3.8) is 0 Å². The molecular formula is C13H8BrF2N3O3. The molecule has 6 nitrogen and oxygen atoms in total. The molecule has 0 saturated heterocycles. The lowest BCUT2D eigenvalue weighted by Crippen LogP contribution is -2.34. The summed E-state index contributed by atoms with van der Waals surface area (Å²) in [5.41, 5.74) is -1.39. The summed E-state index contributed by atoms with van der Waals surface area (Å²) >= 11 is 2.92. The van der Waals surface area contributed by atoms with Crippen LogP contribution in [0.2, 0.25) is 0 Å².